The first-order valence-electron chi connectivity index (χ1n) is 10.5. The summed E-state index contributed by atoms with van der Waals surface area (Å²) in [6, 6.07) is 1.22. The van der Waals surface area contributed by atoms with E-state index in [2.05, 4.69) is 4.98 Å². The van der Waals surface area contributed by atoms with Crippen molar-refractivity contribution in [2.24, 2.45) is 17.8 Å². The summed E-state index contributed by atoms with van der Waals surface area (Å²) in [6.45, 7) is 0. The Bertz CT molecular complexity index is 1110. The van der Waals surface area contributed by atoms with Crippen molar-refractivity contribution in [2.45, 2.75) is 69.0 Å². The number of nitrogens with one attached hydrogen (secondary N) is 1. The molecule has 8 heteroatoms. The van der Waals surface area contributed by atoms with Crippen molar-refractivity contribution in [1.29, 1.82) is 0 Å². The molecular weight excluding hydrogens is 399 g/mol. The molecular formula is C21H22F3N3OS. The Hall–Kier alpha value is -1.70. The number of H-pyrrole nitrogens is 1. The van der Waals surface area contributed by atoms with Gasteiger partial charge in [-0.2, -0.15) is 13.2 Å². The molecule has 0 amide bonds. The van der Waals surface area contributed by atoms with Gasteiger partial charge in [-0.05, 0) is 87.4 Å². The van der Waals surface area contributed by atoms with Crippen molar-refractivity contribution in [3.8, 4) is 0 Å². The second-order valence-electron chi connectivity index (χ2n) is 9.81. The summed E-state index contributed by atoms with van der Waals surface area (Å²) in [5.41, 5.74) is -1.28. The number of hydrogen-bond donors (Lipinski definition) is 1. The van der Waals surface area contributed by atoms with Crippen LogP contribution in [0.15, 0.2) is 10.9 Å². The lowest BCUT2D eigenvalue weighted by Gasteiger charge is -2.56. The van der Waals surface area contributed by atoms with Crippen LogP contribution in [0.2, 0.25) is 0 Å². The first-order chi connectivity index (χ1) is 13.7. The number of alkyl halides is 3. The molecule has 0 saturated heterocycles. The van der Waals surface area contributed by atoms with Gasteiger partial charge in [-0.15, -0.1) is 0 Å². The normalized spacial score (nSPS) is 33.6. The van der Waals surface area contributed by atoms with E-state index in [1.54, 1.807) is 4.57 Å². The summed E-state index contributed by atoms with van der Waals surface area (Å²) in [7, 11) is 0. The van der Waals surface area contributed by atoms with Crippen molar-refractivity contribution in [2.75, 3.05) is 0 Å². The molecule has 5 saturated carbocycles. The Morgan fingerprint density at radius 3 is 2.21 bits per heavy atom. The Balaban J connectivity index is 1.65. The van der Waals surface area contributed by atoms with E-state index in [0.29, 0.717) is 23.4 Å². The fourth-order valence-corrected chi connectivity index (χ4v) is 7.17. The number of aromatic amines is 1. The highest BCUT2D eigenvalue weighted by Crippen LogP contribution is 2.60. The maximum atomic E-state index is 14.1. The fraction of sp³-hybridized carbons (Fsp3) is 0.667. The first-order valence-corrected chi connectivity index (χ1v) is 10.9. The van der Waals surface area contributed by atoms with E-state index in [-0.39, 0.29) is 27.3 Å². The zero-order chi connectivity index (χ0) is 20.1. The lowest BCUT2D eigenvalue weighted by atomic mass is 9.48. The van der Waals surface area contributed by atoms with Crippen molar-refractivity contribution in [1.82, 2.24) is 14.5 Å². The molecule has 0 spiro atoms. The predicted molar refractivity (Wildman–Crippen MR) is 104 cm³/mol. The maximum absolute atomic E-state index is 14.1. The van der Waals surface area contributed by atoms with Crippen LogP contribution in [0.1, 0.15) is 68.7 Å². The Labute approximate surface area is 170 Å². The molecule has 29 heavy (non-hydrogen) atoms. The van der Waals surface area contributed by atoms with Gasteiger partial charge in [0.2, 0.25) is 0 Å². The summed E-state index contributed by atoms with van der Waals surface area (Å²) >= 11 is 5.32. The molecule has 0 radical (unpaired) electrons. The number of pyridine rings is 1. The van der Waals surface area contributed by atoms with Gasteiger partial charge >= 0.3 is 6.18 Å². The molecule has 0 unspecified atom stereocenters. The van der Waals surface area contributed by atoms with Gasteiger partial charge in [-0.25, -0.2) is 4.98 Å². The van der Waals surface area contributed by atoms with E-state index in [1.807, 2.05) is 0 Å². The summed E-state index contributed by atoms with van der Waals surface area (Å²) in [6.07, 6.45) is 3.45. The third-order valence-corrected chi connectivity index (χ3v) is 7.99. The van der Waals surface area contributed by atoms with Crippen LogP contribution in [0.25, 0.3) is 11.0 Å². The van der Waals surface area contributed by atoms with Crippen LogP contribution >= 0.6 is 12.2 Å². The van der Waals surface area contributed by atoms with Gasteiger partial charge in [0.25, 0.3) is 5.56 Å². The molecule has 5 aliphatic rings. The second kappa shape index (κ2) is 5.71. The van der Waals surface area contributed by atoms with Crippen LogP contribution in [-0.4, -0.2) is 14.5 Å². The minimum Gasteiger partial charge on any atom is -0.299 e. The van der Waals surface area contributed by atoms with E-state index in [9.17, 15) is 18.0 Å². The van der Waals surface area contributed by atoms with Crippen LogP contribution in [-0.2, 0) is 11.6 Å². The minimum absolute atomic E-state index is 0.0297. The highest BCUT2D eigenvalue weighted by Gasteiger charge is 2.53. The van der Waals surface area contributed by atoms with E-state index in [1.165, 1.54) is 25.3 Å². The smallest absolute Gasteiger partial charge is 0.299 e. The first kappa shape index (κ1) is 18.1. The minimum atomic E-state index is -4.62. The lowest BCUT2D eigenvalue weighted by Crippen LogP contribution is -2.49. The number of aromatic nitrogens is 3. The number of rotatable bonds is 2. The quantitative estimate of drug-likeness (QED) is 0.672. The molecule has 4 nitrogen and oxygen atoms in total. The van der Waals surface area contributed by atoms with Crippen LogP contribution in [0.5, 0.6) is 0 Å². The monoisotopic (exact) mass is 421 g/mol. The highest BCUT2D eigenvalue weighted by molar-refractivity contribution is 7.71. The molecule has 0 aliphatic heterocycles. The summed E-state index contributed by atoms with van der Waals surface area (Å²) in [5, 5.41) is -0.369. The van der Waals surface area contributed by atoms with Crippen LogP contribution < -0.4 is 5.56 Å². The molecule has 154 valence electrons. The van der Waals surface area contributed by atoms with Crippen molar-refractivity contribution in [3.63, 3.8) is 0 Å². The number of fused-ring (bicyclic) bond motifs is 1. The van der Waals surface area contributed by atoms with Gasteiger partial charge in [-0.1, -0.05) is 0 Å². The zero-order valence-corrected chi connectivity index (χ0v) is 16.7. The van der Waals surface area contributed by atoms with Crippen molar-refractivity contribution < 1.29 is 13.2 Å². The van der Waals surface area contributed by atoms with Gasteiger partial charge in [0.15, 0.2) is 4.77 Å². The molecule has 5 fully saturated rings. The average molecular weight is 421 g/mol. The topological polar surface area (TPSA) is 50.7 Å². The average Bonchev–Trinajstić information content (AvgIpc) is 3.43. The van der Waals surface area contributed by atoms with E-state index < -0.39 is 17.3 Å². The Kier molecular flexibility index (Phi) is 3.56. The molecule has 2 aromatic rings. The lowest BCUT2D eigenvalue weighted by molar-refractivity contribution is -0.136. The number of nitrogens with zero attached hydrogens (tertiary/aromatic N) is 2. The third kappa shape index (κ3) is 2.67. The van der Waals surface area contributed by atoms with Crippen molar-refractivity contribution >= 4 is 23.3 Å². The molecule has 2 aromatic heterocycles. The second-order valence-corrected chi connectivity index (χ2v) is 10.2. The van der Waals surface area contributed by atoms with Gasteiger partial charge in [0, 0.05) is 17.2 Å². The molecule has 2 heterocycles. The summed E-state index contributed by atoms with van der Waals surface area (Å²) in [5.74, 6) is 1.78. The predicted octanol–water partition coefficient (Wildman–Crippen LogP) is 5.28. The third-order valence-electron chi connectivity index (χ3n) is 7.69. The molecule has 7 rings (SSSR count). The molecule has 0 atom stereocenters. The molecule has 5 aliphatic carbocycles. The van der Waals surface area contributed by atoms with Gasteiger partial charge in [0.05, 0.1) is 10.9 Å². The maximum Gasteiger partial charge on any atom is 0.417 e. The molecule has 0 aromatic carbocycles. The standard InChI is InChI=1S/C21H22F3N3OS/c22-21(23,24)14-6-15(20-7-10-3-11(8-20)5-12(4-10)9-20)25-17-16(14)18(28)26-19(29)27(17)13-1-2-13/h6,10-13H,1-5,7-9H2,(H,26,28,29). The van der Waals surface area contributed by atoms with Gasteiger partial charge in [-0.3, -0.25) is 14.3 Å². The van der Waals surface area contributed by atoms with Crippen molar-refractivity contribution in [3.05, 3.63) is 32.4 Å². The summed E-state index contributed by atoms with van der Waals surface area (Å²) < 4.78 is 44.1. The highest BCUT2D eigenvalue weighted by atomic mass is 32.1. The molecule has 1 N–H and O–H groups in total. The fourth-order valence-electron chi connectivity index (χ4n) is 6.84. The number of halogens is 3. The zero-order valence-electron chi connectivity index (χ0n) is 15.9. The van der Waals surface area contributed by atoms with E-state index >= 15 is 0 Å². The SMILES string of the molecule is O=c1[nH]c(=S)n(C2CC2)c2nc(C34CC5CC(CC(C5)C3)C4)cc(C(F)(F)F)c12. The largest absolute Gasteiger partial charge is 0.417 e. The Morgan fingerprint density at radius 1 is 1.10 bits per heavy atom. The van der Waals surface area contributed by atoms with E-state index in [0.717, 1.165) is 32.1 Å². The van der Waals surface area contributed by atoms with Crippen LogP contribution in [0.4, 0.5) is 13.2 Å². The van der Waals surface area contributed by atoms with E-state index in [4.69, 9.17) is 17.2 Å². The molecule has 4 bridgehead atoms. The van der Waals surface area contributed by atoms with Gasteiger partial charge in [0.1, 0.15) is 5.65 Å². The number of hydrogen-bond acceptors (Lipinski definition) is 3. The van der Waals surface area contributed by atoms with Gasteiger partial charge < -0.3 is 0 Å². The van der Waals surface area contributed by atoms with Crippen LogP contribution in [0, 0.1) is 22.5 Å². The van der Waals surface area contributed by atoms with Crippen LogP contribution in [0.3, 0.4) is 0 Å². The summed E-state index contributed by atoms with van der Waals surface area (Å²) in [4.78, 5) is 19.8. The Morgan fingerprint density at radius 2 is 1.69 bits per heavy atom.